The molecule has 1 aromatic carbocycles. The van der Waals surface area contributed by atoms with E-state index in [1.165, 1.54) is 46.9 Å². The fourth-order valence-electron chi connectivity index (χ4n) is 5.87. The largest absolute Gasteiger partial charge is 0.483 e. The first-order valence-corrected chi connectivity index (χ1v) is 15.9. The second-order valence-electron chi connectivity index (χ2n) is 12.8. The highest BCUT2D eigenvalue weighted by Crippen LogP contribution is 2.41. The van der Waals surface area contributed by atoms with Gasteiger partial charge in [-0.05, 0) is 37.5 Å². The van der Waals surface area contributed by atoms with Crippen LogP contribution in [0.3, 0.4) is 0 Å². The molecule has 14 nitrogen and oxygen atoms in total. The first-order chi connectivity index (χ1) is 23.1. The number of nitrogens with zero attached hydrogens (tertiary/aromatic N) is 6. The van der Waals surface area contributed by atoms with Crippen LogP contribution in [0.1, 0.15) is 65.8 Å². The average Bonchev–Trinajstić information content (AvgIpc) is 3.68. The van der Waals surface area contributed by atoms with E-state index in [-0.39, 0.29) is 75.3 Å². The molecule has 1 aliphatic heterocycles. The average molecular weight is 708 g/mol. The molecule has 0 spiro atoms. The molecule has 6 rings (SSSR count). The van der Waals surface area contributed by atoms with Gasteiger partial charge in [-0.2, -0.15) is 18.3 Å². The number of hydrogen-bond donors (Lipinski definition) is 4. The van der Waals surface area contributed by atoms with E-state index in [4.69, 9.17) is 27.2 Å². The summed E-state index contributed by atoms with van der Waals surface area (Å²) in [5, 5.41) is 16.5. The van der Waals surface area contributed by atoms with Crippen LogP contribution in [0.25, 0.3) is 11.3 Å². The summed E-state index contributed by atoms with van der Waals surface area (Å²) in [6.45, 7) is 5.18. The molecule has 1 saturated heterocycles. The van der Waals surface area contributed by atoms with Gasteiger partial charge in [-0.1, -0.05) is 25.4 Å². The number of urea groups is 1. The van der Waals surface area contributed by atoms with Crippen molar-refractivity contribution in [2.45, 2.75) is 57.4 Å². The SMILES string of the molecule is Cn1c(-c2cn(C3CC3)nc2C(F)(F)F)cnc1C(=O)Nc1ccc(C(=O)N2CCN(C(=O)N[C@@H]3C[C@H](N)C3(C)C)CC2)c(Cl)c1.O=CO. The molecule has 3 aliphatic rings. The standard InChI is InChI=1S/C30H35ClF3N9O3.CH2O2/c1-29(2)22(35)13-23(29)38-28(46)42-10-8-41(9-11-42)27(45)18-7-4-16(12-20(18)31)37-26(44)25-36-14-21(40(25)3)19-15-43(17-5-6-17)39-24(19)30(32,33)34;2-1-3/h4,7,12,14-15,17,22-23H,5-6,8-11,13,35H2,1-3H3,(H,37,44)(H,38,46);1H,(H,2,3)/t22-,23+;/m0./s1. The quantitative estimate of drug-likeness (QED) is 0.279. The summed E-state index contributed by atoms with van der Waals surface area (Å²) in [6.07, 6.45) is 0.118. The molecule has 3 fully saturated rings. The fourth-order valence-corrected chi connectivity index (χ4v) is 6.13. The molecule has 4 amide bonds. The smallest absolute Gasteiger partial charge is 0.435 e. The molecule has 0 unspecified atom stereocenters. The molecule has 5 N–H and O–H groups in total. The van der Waals surface area contributed by atoms with Crippen LogP contribution in [0, 0.1) is 5.41 Å². The van der Waals surface area contributed by atoms with E-state index in [0.717, 1.165) is 19.3 Å². The third-order valence-electron chi connectivity index (χ3n) is 9.34. The van der Waals surface area contributed by atoms with Crippen LogP contribution in [-0.2, 0) is 18.0 Å². The molecule has 3 aromatic rings. The number of piperazine rings is 1. The fraction of sp³-hybridized carbons (Fsp3) is 0.484. The lowest BCUT2D eigenvalue weighted by Gasteiger charge is -2.51. The Bertz CT molecular complexity index is 1750. The van der Waals surface area contributed by atoms with Crippen molar-refractivity contribution in [2.24, 2.45) is 18.2 Å². The zero-order chi connectivity index (χ0) is 35.8. The summed E-state index contributed by atoms with van der Waals surface area (Å²) >= 11 is 6.46. The number of imidazole rings is 1. The van der Waals surface area contributed by atoms with Gasteiger partial charge in [0.05, 0.1) is 34.1 Å². The topological polar surface area (TPSA) is 181 Å². The number of anilines is 1. The third-order valence-corrected chi connectivity index (χ3v) is 9.65. The molecular formula is C31H37ClF3N9O5. The molecule has 0 radical (unpaired) electrons. The van der Waals surface area contributed by atoms with Gasteiger partial charge in [0.15, 0.2) is 11.5 Å². The Morgan fingerprint density at radius 3 is 2.31 bits per heavy atom. The molecular weight excluding hydrogens is 671 g/mol. The first kappa shape index (κ1) is 35.7. The zero-order valence-corrected chi connectivity index (χ0v) is 27.8. The first-order valence-electron chi connectivity index (χ1n) is 15.5. The Hall–Kier alpha value is -4.64. The Morgan fingerprint density at radius 2 is 1.76 bits per heavy atom. The van der Waals surface area contributed by atoms with E-state index in [0.29, 0.717) is 26.2 Å². The van der Waals surface area contributed by atoms with Crippen molar-refractivity contribution < 1.29 is 37.5 Å². The molecule has 264 valence electrons. The van der Waals surface area contributed by atoms with E-state index >= 15 is 0 Å². The number of hydrogen-bond acceptors (Lipinski definition) is 7. The maximum absolute atomic E-state index is 13.8. The van der Waals surface area contributed by atoms with Crippen molar-refractivity contribution in [3.05, 3.63) is 52.7 Å². The van der Waals surface area contributed by atoms with E-state index in [9.17, 15) is 27.6 Å². The molecule has 2 aliphatic carbocycles. The lowest BCUT2D eigenvalue weighted by atomic mass is 9.63. The number of rotatable bonds is 6. The van der Waals surface area contributed by atoms with Gasteiger partial charge in [-0.3, -0.25) is 19.1 Å². The van der Waals surface area contributed by atoms with Crippen molar-refractivity contribution >= 4 is 41.6 Å². The van der Waals surface area contributed by atoms with E-state index in [2.05, 4.69) is 20.7 Å². The number of benzene rings is 1. The minimum Gasteiger partial charge on any atom is -0.483 e. The van der Waals surface area contributed by atoms with Gasteiger partial charge in [0.1, 0.15) is 0 Å². The molecule has 2 atom stereocenters. The summed E-state index contributed by atoms with van der Waals surface area (Å²) in [5.41, 5.74) is 5.29. The van der Waals surface area contributed by atoms with E-state index in [1.807, 2.05) is 13.8 Å². The Labute approximate surface area is 284 Å². The summed E-state index contributed by atoms with van der Waals surface area (Å²) in [7, 11) is 1.45. The lowest BCUT2D eigenvalue weighted by molar-refractivity contribution is -0.141. The number of carboxylic acid groups (broad SMARTS) is 1. The number of carbonyl (C=O) groups is 4. The minimum atomic E-state index is -4.68. The summed E-state index contributed by atoms with van der Waals surface area (Å²) in [6, 6.07) is 4.24. The Morgan fingerprint density at radius 1 is 1.12 bits per heavy atom. The van der Waals surface area contributed by atoms with Gasteiger partial charge in [0, 0.05) is 62.6 Å². The van der Waals surface area contributed by atoms with Crippen LogP contribution in [0.5, 0.6) is 0 Å². The third kappa shape index (κ3) is 7.36. The van der Waals surface area contributed by atoms with Crippen LogP contribution in [0.2, 0.25) is 5.02 Å². The van der Waals surface area contributed by atoms with Crippen LogP contribution in [0.4, 0.5) is 23.7 Å². The van der Waals surface area contributed by atoms with E-state index < -0.39 is 17.8 Å². The second kappa shape index (κ2) is 13.7. The number of nitrogens with two attached hydrogens (primary N) is 1. The van der Waals surface area contributed by atoms with Gasteiger partial charge in [-0.25, -0.2) is 9.78 Å². The number of amides is 4. The summed E-state index contributed by atoms with van der Waals surface area (Å²) in [4.78, 5) is 54.8. The highest BCUT2D eigenvalue weighted by atomic mass is 35.5. The molecule has 49 heavy (non-hydrogen) atoms. The van der Waals surface area contributed by atoms with Crippen LogP contribution in [0.15, 0.2) is 30.6 Å². The normalized spacial score (nSPS) is 20.1. The number of carbonyl (C=O) groups excluding carboxylic acids is 3. The number of aromatic nitrogens is 4. The Balaban J connectivity index is 0.00000151. The van der Waals surface area contributed by atoms with Crippen LogP contribution >= 0.6 is 11.6 Å². The predicted molar refractivity (Wildman–Crippen MR) is 172 cm³/mol. The number of alkyl halides is 3. The monoisotopic (exact) mass is 707 g/mol. The van der Waals surface area contributed by atoms with Crippen molar-refractivity contribution in [3.63, 3.8) is 0 Å². The minimum absolute atomic E-state index is 0.00576. The Kier molecular flexibility index (Phi) is 9.97. The molecule has 0 bridgehead atoms. The molecule has 18 heteroatoms. The molecule has 2 saturated carbocycles. The van der Waals surface area contributed by atoms with Crippen molar-refractivity contribution in [1.82, 2.24) is 34.4 Å². The van der Waals surface area contributed by atoms with Gasteiger partial charge in [-0.15, -0.1) is 0 Å². The van der Waals surface area contributed by atoms with Crippen molar-refractivity contribution in [1.29, 1.82) is 0 Å². The number of nitrogens with one attached hydrogen (secondary N) is 2. The lowest BCUT2D eigenvalue weighted by Crippen LogP contribution is -2.66. The maximum atomic E-state index is 13.8. The van der Waals surface area contributed by atoms with Gasteiger partial charge in [0.2, 0.25) is 0 Å². The zero-order valence-electron chi connectivity index (χ0n) is 27.0. The van der Waals surface area contributed by atoms with Crippen LogP contribution < -0.4 is 16.4 Å². The predicted octanol–water partition coefficient (Wildman–Crippen LogP) is 3.84. The molecule has 3 heterocycles. The summed E-state index contributed by atoms with van der Waals surface area (Å²) in [5.74, 6) is -1.10. The van der Waals surface area contributed by atoms with E-state index in [1.54, 1.807) is 9.80 Å². The van der Waals surface area contributed by atoms with Gasteiger partial charge >= 0.3 is 12.2 Å². The van der Waals surface area contributed by atoms with Crippen LogP contribution in [-0.4, -0.2) is 96.8 Å². The molecule has 2 aromatic heterocycles. The van der Waals surface area contributed by atoms with Crippen molar-refractivity contribution in [2.75, 3.05) is 31.5 Å². The van der Waals surface area contributed by atoms with Crippen molar-refractivity contribution in [3.8, 4) is 11.3 Å². The highest BCUT2D eigenvalue weighted by molar-refractivity contribution is 6.34. The van der Waals surface area contributed by atoms with Gasteiger partial charge in [0.25, 0.3) is 18.3 Å². The number of halogens is 4. The second-order valence-corrected chi connectivity index (χ2v) is 13.2. The highest BCUT2D eigenvalue weighted by Gasteiger charge is 2.47. The summed E-state index contributed by atoms with van der Waals surface area (Å²) < 4.78 is 43.9. The maximum Gasteiger partial charge on any atom is 0.435 e. The van der Waals surface area contributed by atoms with Gasteiger partial charge < -0.3 is 35.8 Å².